The molecular weight excluding hydrogens is 1010 g/mol. The van der Waals surface area contributed by atoms with Crippen LogP contribution in [0.4, 0.5) is 17.1 Å². The highest BCUT2D eigenvalue weighted by Crippen LogP contribution is 2.64. The molecule has 84 heavy (non-hydrogen) atoms. The topological polar surface area (TPSA) is 3.24 Å². The van der Waals surface area contributed by atoms with Crippen LogP contribution in [0.15, 0.2) is 309 Å². The Balaban J connectivity index is 0.917. The normalized spacial score (nSPS) is 14.4. The summed E-state index contributed by atoms with van der Waals surface area (Å²) in [4.78, 5) is 2.52. The van der Waals surface area contributed by atoms with Crippen molar-refractivity contribution >= 4 is 17.1 Å². The van der Waals surface area contributed by atoms with Crippen LogP contribution in [-0.2, 0) is 16.2 Å². The second-order valence-electron chi connectivity index (χ2n) is 23.9. The van der Waals surface area contributed by atoms with E-state index in [4.69, 9.17) is 0 Å². The summed E-state index contributed by atoms with van der Waals surface area (Å²) in [5.41, 5.74) is 32.6. The minimum absolute atomic E-state index is 0.165. The van der Waals surface area contributed by atoms with Gasteiger partial charge in [0.25, 0.3) is 0 Å². The summed E-state index contributed by atoms with van der Waals surface area (Å²) in [7, 11) is 0. The van der Waals surface area contributed by atoms with E-state index < -0.39 is 10.8 Å². The van der Waals surface area contributed by atoms with Gasteiger partial charge in [0.1, 0.15) is 0 Å². The number of fused-ring (bicyclic) bond motifs is 16. The third-order valence-corrected chi connectivity index (χ3v) is 19.4. The zero-order valence-electron chi connectivity index (χ0n) is 46.9. The molecule has 1 spiro atoms. The Bertz CT molecular complexity index is 4710. The van der Waals surface area contributed by atoms with Gasteiger partial charge in [-0.05, 0) is 188 Å². The van der Waals surface area contributed by atoms with Crippen molar-refractivity contribution < 1.29 is 0 Å². The minimum Gasteiger partial charge on any atom is -0.310 e. The van der Waals surface area contributed by atoms with Gasteiger partial charge in [-0.1, -0.05) is 269 Å². The van der Waals surface area contributed by atoms with Crippen molar-refractivity contribution in [2.45, 2.75) is 30.1 Å². The predicted octanol–water partition coefficient (Wildman–Crippen LogP) is 21.2. The first-order valence-electron chi connectivity index (χ1n) is 29.6. The van der Waals surface area contributed by atoms with E-state index in [2.05, 4.69) is 328 Å². The minimum atomic E-state index is -0.576. The molecule has 0 fully saturated rings. The van der Waals surface area contributed by atoms with Gasteiger partial charge in [0, 0.05) is 22.5 Å². The molecule has 0 bridgehead atoms. The van der Waals surface area contributed by atoms with Crippen LogP contribution in [0.2, 0.25) is 0 Å². The fourth-order valence-electron chi connectivity index (χ4n) is 15.7. The Morgan fingerprint density at radius 2 is 0.583 bits per heavy atom. The number of anilines is 3. The number of hydrogen-bond acceptors (Lipinski definition) is 1. The van der Waals surface area contributed by atoms with Crippen LogP contribution in [0.25, 0.3) is 77.9 Å². The lowest BCUT2D eigenvalue weighted by Gasteiger charge is -2.35. The molecule has 1 heteroatoms. The molecule has 0 aliphatic heterocycles. The lowest BCUT2D eigenvalue weighted by molar-refractivity contribution is 0.660. The highest BCUT2D eigenvalue weighted by atomic mass is 15.1. The molecule has 0 radical (unpaired) electrons. The monoisotopic (exact) mass is 1070 g/mol. The van der Waals surface area contributed by atoms with Crippen molar-refractivity contribution in [1.29, 1.82) is 0 Å². The molecule has 1 nitrogen and oxygen atoms in total. The smallest absolute Gasteiger partial charge is 0.0725 e. The first-order chi connectivity index (χ1) is 41.4. The Kier molecular flexibility index (Phi) is 10.6. The second-order valence-corrected chi connectivity index (χ2v) is 23.9. The van der Waals surface area contributed by atoms with E-state index in [0.29, 0.717) is 0 Å². The summed E-state index contributed by atoms with van der Waals surface area (Å²) in [6.45, 7) is 4.77. The molecule has 0 saturated carbocycles. The lowest BCUT2D eigenvalue weighted by Crippen LogP contribution is -2.28. The molecule has 394 valence electrons. The Labute approximate surface area is 492 Å². The molecule has 0 heterocycles. The second kappa shape index (κ2) is 18.3. The lowest BCUT2D eigenvalue weighted by atomic mass is 9.67. The highest BCUT2D eigenvalue weighted by molar-refractivity contribution is 5.98. The average molecular weight is 1070 g/mol. The largest absolute Gasteiger partial charge is 0.310 e. The molecule has 0 unspecified atom stereocenters. The molecule has 0 saturated heterocycles. The van der Waals surface area contributed by atoms with Crippen molar-refractivity contribution in [2.75, 3.05) is 4.90 Å². The van der Waals surface area contributed by atoms with Gasteiger partial charge in [0.15, 0.2) is 0 Å². The zero-order valence-corrected chi connectivity index (χ0v) is 46.9. The number of benzene rings is 13. The molecule has 0 aromatic heterocycles. The van der Waals surface area contributed by atoms with Crippen molar-refractivity contribution in [3.63, 3.8) is 0 Å². The summed E-state index contributed by atoms with van der Waals surface area (Å²) in [5.74, 6) is 0. The first kappa shape index (κ1) is 48.4. The van der Waals surface area contributed by atoms with E-state index in [1.54, 1.807) is 0 Å². The van der Waals surface area contributed by atoms with Crippen LogP contribution < -0.4 is 4.90 Å². The maximum atomic E-state index is 2.52. The van der Waals surface area contributed by atoms with Crippen molar-refractivity contribution in [2.24, 2.45) is 0 Å². The number of nitrogens with zero attached hydrogens (tertiary/aromatic N) is 1. The summed E-state index contributed by atoms with van der Waals surface area (Å²) in [6.07, 6.45) is 0. The summed E-state index contributed by atoms with van der Waals surface area (Å²) in [5, 5.41) is 0. The Morgan fingerprint density at radius 1 is 0.202 bits per heavy atom. The van der Waals surface area contributed by atoms with Crippen LogP contribution in [0, 0.1) is 0 Å². The van der Waals surface area contributed by atoms with E-state index in [0.717, 1.165) is 28.2 Å². The van der Waals surface area contributed by atoms with Gasteiger partial charge in [-0.25, -0.2) is 0 Å². The summed E-state index contributed by atoms with van der Waals surface area (Å²) >= 11 is 0. The molecule has 13 aromatic carbocycles. The van der Waals surface area contributed by atoms with Gasteiger partial charge < -0.3 is 4.90 Å². The van der Waals surface area contributed by atoms with Gasteiger partial charge in [0.05, 0.1) is 10.8 Å². The van der Waals surface area contributed by atoms with Crippen LogP contribution in [0.5, 0.6) is 0 Å². The van der Waals surface area contributed by atoms with Crippen LogP contribution in [0.3, 0.4) is 0 Å². The first-order valence-corrected chi connectivity index (χ1v) is 29.6. The molecule has 0 amide bonds. The van der Waals surface area contributed by atoms with Gasteiger partial charge in [-0.2, -0.15) is 0 Å². The quantitative estimate of drug-likeness (QED) is 0.147. The molecule has 0 N–H and O–H groups in total. The van der Waals surface area contributed by atoms with Crippen molar-refractivity contribution in [3.8, 4) is 77.9 Å². The molecule has 4 aliphatic carbocycles. The zero-order chi connectivity index (χ0) is 55.7. The van der Waals surface area contributed by atoms with Crippen molar-refractivity contribution in [3.05, 3.63) is 365 Å². The van der Waals surface area contributed by atoms with E-state index >= 15 is 0 Å². The fourth-order valence-corrected chi connectivity index (χ4v) is 15.7. The van der Waals surface area contributed by atoms with Gasteiger partial charge in [0.2, 0.25) is 0 Å². The maximum Gasteiger partial charge on any atom is 0.0725 e. The summed E-state index contributed by atoms with van der Waals surface area (Å²) < 4.78 is 0. The Morgan fingerprint density at radius 3 is 1.15 bits per heavy atom. The fraction of sp³-hybridized carbons (Fsp3) is 0.0602. The third-order valence-electron chi connectivity index (χ3n) is 19.4. The third kappa shape index (κ3) is 6.78. The van der Waals surface area contributed by atoms with Gasteiger partial charge >= 0.3 is 0 Å². The molecule has 13 aromatic rings. The van der Waals surface area contributed by atoms with E-state index in [1.807, 2.05) is 0 Å². The standard InChI is InChI=1S/C83H57N/c1-81(2)73-33-17-12-28-65(73)70-45-40-57(52-79(70)81)59-48-58(56-41-47-78-72(51-56)69-32-16-21-37-77(69)83(78)75-35-19-14-29-66(75)67-30-15-20-36-76(67)83)49-64(50-59)84(62-42-38-55(39-43-62)54-22-6-3-7-23-54)63-44-46-71-68-31-13-18-34-74(68)82(80(71)53-63,60-24-8-4-9-25-60)61-26-10-5-11-27-61/h3-53H,1-2H3. The highest BCUT2D eigenvalue weighted by Gasteiger charge is 2.52. The molecule has 4 aliphatic rings. The average Bonchev–Trinajstić information content (AvgIpc) is 1.55. The van der Waals surface area contributed by atoms with Gasteiger partial charge in [-0.15, -0.1) is 0 Å². The van der Waals surface area contributed by atoms with E-state index in [9.17, 15) is 0 Å². The summed E-state index contributed by atoms with van der Waals surface area (Å²) in [6, 6.07) is 117. The number of hydrogen-bond donors (Lipinski definition) is 0. The maximum absolute atomic E-state index is 2.52. The molecular formula is C83H57N. The van der Waals surface area contributed by atoms with Crippen LogP contribution >= 0.6 is 0 Å². The molecule has 0 atom stereocenters. The van der Waals surface area contributed by atoms with E-state index in [1.165, 1.54) is 122 Å². The van der Waals surface area contributed by atoms with Crippen molar-refractivity contribution in [1.82, 2.24) is 0 Å². The molecule has 17 rings (SSSR count). The van der Waals surface area contributed by atoms with Crippen LogP contribution in [-0.4, -0.2) is 0 Å². The van der Waals surface area contributed by atoms with E-state index in [-0.39, 0.29) is 5.41 Å². The SMILES string of the molecule is CC1(C)c2ccccc2-c2ccc(-c3cc(-c4ccc5c(c4)-c4ccccc4C54c5ccccc5-c5ccccc54)cc(N(c4ccc(-c5ccccc5)cc4)c4ccc5c(c4)C(c4ccccc4)(c4ccccc4)c4ccccc4-5)c3)cc21. The Hall–Kier alpha value is -10.3. The van der Waals surface area contributed by atoms with Gasteiger partial charge in [-0.3, -0.25) is 0 Å². The van der Waals surface area contributed by atoms with Crippen LogP contribution in [0.1, 0.15) is 69.5 Å². The number of rotatable bonds is 8. The predicted molar refractivity (Wildman–Crippen MR) is 349 cm³/mol.